The molecule has 20 heavy (non-hydrogen) atoms. The second-order valence-corrected chi connectivity index (χ2v) is 5.55. The highest BCUT2D eigenvalue weighted by atomic mass is 16.5. The van der Waals surface area contributed by atoms with Gasteiger partial charge in [-0.2, -0.15) is 0 Å². The Morgan fingerprint density at radius 2 is 2.00 bits per heavy atom. The molecular formula is C17H24O3. The van der Waals surface area contributed by atoms with Crippen molar-refractivity contribution in [2.75, 3.05) is 0 Å². The number of carbonyl (C=O) groups excluding carboxylic acids is 1. The Morgan fingerprint density at radius 1 is 1.20 bits per heavy atom. The van der Waals surface area contributed by atoms with Crippen LogP contribution in [0.25, 0.3) is 0 Å². The molecule has 3 heteroatoms. The Hall–Kier alpha value is -1.35. The second-order valence-electron chi connectivity index (χ2n) is 5.55. The quantitative estimate of drug-likeness (QED) is 0.786. The Morgan fingerprint density at radius 3 is 2.80 bits per heavy atom. The summed E-state index contributed by atoms with van der Waals surface area (Å²) in [4.78, 5) is 11.5. The first-order chi connectivity index (χ1) is 9.74. The van der Waals surface area contributed by atoms with Crippen molar-refractivity contribution in [3.05, 3.63) is 35.9 Å². The number of esters is 1. The SMILES string of the molecule is CC1CC(OCc2ccccc2)CCCCCC(=O)O1. The normalized spacial score (nSPS) is 24.9. The van der Waals surface area contributed by atoms with Gasteiger partial charge in [0.05, 0.1) is 12.7 Å². The maximum Gasteiger partial charge on any atom is 0.306 e. The van der Waals surface area contributed by atoms with E-state index >= 15 is 0 Å². The predicted octanol–water partition coefficient (Wildman–Crippen LogP) is 3.86. The minimum Gasteiger partial charge on any atom is -0.463 e. The van der Waals surface area contributed by atoms with E-state index in [-0.39, 0.29) is 18.2 Å². The molecule has 2 atom stereocenters. The number of cyclic esters (lactones) is 1. The average molecular weight is 276 g/mol. The topological polar surface area (TPSA) is 35.5 Å². The average Bonchev–Trinajstić information content (AvgIpc) is 2.45. The zero-order valence-electron chi connectivity index (χ0n) is 12.2. The Balaban J connectivity index is 1.85. The zero-order chi connectivity index (χ0) is 14.2. The number of hydrogen-bond acceptors (Lipinski definition) is 3. The molecule has 0 aliphatic carbocycles. The summed E-state index contributed by atoms with van der Waals surface area (Å²) in [6.07, 6.45) is 5.65. The highest BCUT2D eigenvalue weighted by Gasteiger charge is 2.18. The van der Waals surface area contributed by atoms with E-state index in [4.69, 9.17) is 9.47 Å². The highest BCUT2D eigenvalue weighted by Crippen LogP contribution is 2.19. The van der Waals surface area contributed by atoms with Gasteiger partial charge in [-0.3, -0.25) is 4.79 Å². The minimum absolute atomic E-state index is 0.0543. The molecule has 0 spiro atoms. The van der Waals surface area contributed by atoms with Gasteiger partial charge in [0.25, 0.3) is 0 Å². The first-order valence-electron chi connectivity index (χ1n) is 7.59. The van der Waals surface area contributed by atoms with Crippen LogP contribution in [-0.2, 0) is 20.9 Å². The van der Waals surface area contributed by atoms with Gasteiger partial charge in [0.1, 0.15) is 6.10 Å². The maximum absolute atomic E-state index is 11.5. The van der Waals surface area contributed by atoms with E-state index in [1.54, 1.807) is 0 Å². The van der Waals surface area contributed by atoms with E-state index in [1.165, 1.54) is 5.56 Å². The first-order valence-corrected chi connectivity index (χ1v) is 7.59. The molecule has 0 amide bonds. The van der Waals surface area contributed by atoms with Crippen molar-refractivity contribution in [1.29, 1.82) is 0 Å². The third-order valence-corrected chi connectivity index (χ3v) is 3.66. The lowest BCUT2D eigenvalue weighted by molar-refractivity contribution is -0.150. The molecule has 1 aromatic rings. The third-order valence-electron chi connectivity index (χ3n) is 3.66. The fourth-order valence-electron chi connectivity index (χ4n) is 2.58. The van der Waals surface area contributed by atoms with Crippen LogP contribution in [0, 0.1) is 0 Å². The highest BCUT2D eigenvalue weighted by molar-refractivity contribution is 5.69. The lowest BCUT2D eigenvalue weighted by atomic mass is 10.0. The Labute approximate surface area is 121 Å². The summed E-state index contributed by atoms with van der Waals surface area (Å²) in [5, 5.41) is 0. The van der Waals surface area contributed by atoms with Gasteiger partial charge in [-0.25, -0.2) is 0 Å². The summed E-state index contributed by atoms with van der Waals surface area (Å²) >= 11 is 0. The fraction of sp³-hybridized carbons (Fsp3) is 0.588. The predicted molar refractivity (Wildman–Crippen MR) is 78.3 cm³/mol. The van der Waals surface area contributed by atoms with Crippen LogP contribution in [-0.4, -0.2) is 18.2 Å². The minimum atomic E-state index is -0.0683. The molecule has 0 N–H and O–H groups in total. The van der Waals surface area contributed by atoms with E-state index in [0.29, 0.717) is 13.0 Å². The number of ether oxygens (including phenoxy) is 2. The molecule has 1 fully saturated rings. The fourth-order valence-corrected chi connectivity index (χ4v) is 2.58. The van der Waals surface area contributed by atoms with Crippen LogP contribution < -0.4 is 0 Å². The van der Waals surface area contributed by atoms with Gasteiger partial charge in [0.2, 0.25) is 0 Å². The van der Waals surface area contributed by atoms with E-state index in [0.717, 1.165) is 32.1 Å². The summed E-state index contributed by atoms with van der Waals surface area (Å²) in [5.74, 6) is -0.0683. The van der Waals surface area contributed by atoms with Crippen molar-refractivity contribution in [3.8, 4) is 0 Å². The number of hydrogen-bond donors (Lipinski definition) is 0. The molecule has 0 aromatic heterocycles. The van der Waals surface area contributed by atoms with Gasteiger partial charge in [-0.15, -0.1) is 0 Å². The molecular weight excluding hydrogens is 252 g/mol. The lowest BCUT2D eigenvalue weighted by Gasteiger charge is -2.23. The molecule has 0 bridgehead atoms. The summed E-state index contributed by atoms with van der Waals surface area (Å²) in [5.41, 5.74) is 1.19. The Kier molecular flexibility index (Phi) is 6.06. The molecule has 0 radical (unpaired) electrons. The van der Waals surface area contributed by atoms with Gasteiger partial charge in [-0.05, 0) is 25.3 Å². The molecule has 1 aliphatic rings. The number of carbonyl (C=O) groups is 1. The van der Waals surface area contributed by atoms with Crippen molar-refractivity contribution >= 4 is 5.97 Å². The van der Waals surface area contributed by atoms with E-state index in [9.17, 15) is 4.79 Å². The van der Waals surface area contributed by atoms with Gasteiger partial charge in [-0.1, -0.05) is 43.2 Å². The molecule has 2 rings (SSSR count). The van der Waals surface area contributed by atoms with Crippen LogP contribution in [0.3, 0.4) is 0 Å². The largest absolute Gasteiger partial charge is 0.463 e. The molecule has 1 saturated heterocycles. The van der Waals surface area contributed by atoms with Crippen molar-refractivity contribution in [1.82, 2.24) is 0 Å². The van der Waals surface area contributed by atoms with Crippen molar-refractivity contribution in [3.63, 3.8) is 0 Å². The third kappa shape index (κ3) is 5.33. The monoisotopic (exact) mass is 276 g/mol. The van der Waals surface area contributed by atoms with E-state index < -0.39 is 0 Å². The molecule has 110 valence electrons. The summed E-state index contributed by atoms with van der Waals surface area (Å²) in [7, 11) is 0. The standard InChI is InChI=1S/C17H24O3/c1-14-12-16(10-6-3-7-11-17(18)20-14)19-13-15-8-4-2-5-9-15/h2,4-5,8-9,14,16H,3,6-7,10-13H2,1H3. The second kappa shape index (κ2) is 8.05. The van der Waals surface area contributed by atoms with Crippen molar-refractivity contribution < 1.29 is 14.3 Å². The molecule has 0 saturated carbocycles. The smallest absolute Gasteiger partial charge is 0.306 e. The van der Waals surface area contributed by atoms with Crippen LogP contribution in [0.2, 0.25) is 0 Å². The van der Waals surface area contributed by atoms with Crippen LogP contribution >= 0.6 is 0 Å². The lowest BCUT2D eigenvalue weighted by Crippen LogP contribution is -2.24. The van der Waals surface area contributed by atoms with Crippen molar-refractivity contribution in [2.24, 2.45) is 0 Å². The molecule has 1 heterocycles. The van der Waals surface area contributed by atoms with Gasteiger partial charge >= 0.3 is 5.97 Å². The molecule has 1 aromatic carbocycles. The molecule has 1 aliphatic heterocycles. The summed E-state index contributed by atoms with van der Waals surface area (Å²) < 4.78 is 11.4. The van der Waals surface area contributed by atoms with Gasteiger partial charge in [0.15, 0.2) is 0 Å². The molecule has 3 nitrogen and oxygen atoms in total. The van der Waals surface area contributed by atoms with E-state index in [2.05, 4.69) is 12.1 Å². The van der Waals surface area contributed by atoms with Gasteiger partial charge in [0, 0.05) is 12.8 Å². The summed E-state index contributed by atoms with van der Waals surface area (Å²) in [6, 6.07) is 10.2. The zero-order valence-corrected chi connectivity index (χ0v) is 12.2. The Bertz CT molecular complexity index is 402. The summed E-state index contributed by atoms with van der Waals surface area (Å²) in [6.45, 7) is 2.59. The van der Waals surface area contributed by atoms with Gasteiger partial charge < -0.3 is 9.47 Å². The van der Waals surface area contributed by atoms with Crippen LogP contribution in [0.5, 0.6) is 0 Å². The van der Waals surface area contributed by atoms with Crippen LogP contribution in [0.15, 0.2) is 30.3 Å². The first kappa shape index (κ1) is 15.0. The number of rotatable bonds is 3. The maximum atomic E-state index is 11.5. The van der Waals surface area contributed by atoms with Crippen LogP contribution in [0.4, 0.5) is 0 Å². The van der Waals surface area contributed by atoms with Crippen LogP contribution in [0.1, 0.15) is 51.0 Å². The molecule has 2 unspecified atom stereocenters. The van der Waals surface area contributed by atoms with E-state index in [1.807, 2.05) is 25.1 Å². The number of benzene rings is 1. The van der Waals surface area contributed by atoms with Crippen molar-refractivity contribution in [2.45, 2.75) is 64.3 Å².